The standard InChI is InChI=1S/C6H14O2.2ClH/c7-5-3-1-2-4-6-8;;/h7-8H,1-6H2;2*1H. The van der Waals surface area contributed by atoms with Crippen LogP contribution in [0, 0.1) is 0 Å². The molecule has 4 heteroatoms. The predicted octanol–water partition coefficient (Wildman–Crippen LogP) is 1.37. The van der Waals surface area contributed by atoms with E-state index in [1.54, 1.807) is 0 Å². The van der Waals surface area contributed by atoms with Crippen molar-refractivity contribution >= 4 is 24.8 Å². The van der Waals surface area contributed by atoms with Gasteiger partial charge in [-0.1, -0.05) is 12.8 Å². The Hall–Kier alpha value is 0.500. The smallest absolute Gasteiger partial charge is 0.0431 e. The van der Waals surface area contributed by atoms with Crippen LogP contribution in [-0.2, 0) is 0 Å². The van der Waals surface area contributed by atoms with Gasteiger partial charge in [0.2, 0.25) is 0 Å². The highest BCUT2D eigenvalue weighted by Gasteiger charge is 1.84. The molecule has 0 amide bonds. The summed E-state index contributed by atoms with van der Waals surface area (Å²) in [4.78, 5) is 0. The first kappa shape index (κ1) is 16.8. The summed E-state index contributed by atoms with van der Waals surface area (Å²) >= 11 is 0. The third kappa shape index (κ3) is 15.8. The molecule has 0 aliphatic carbocycles. The Morgan fingerprint density at radius 3 is 1.10 bits per heavy atom. The molecule has 0 spiro atoms. The number of aliphatic hydroxyl groups excluding tert-OH is 2. The molecular formula is C6H16Cl2O2. The van der Waals surface area contributed by atoms with E-state index in [1.165, 1.54) is 0 Å². The van der Waals surface area contributed by atoms with E-state index in [9.17, 15) is 0 Å². The molecule has 0 atom stereocenters. The maximum atomic E-state index is 8.30. The van der Waals surface area contributed by atoms with Crippen LogP contribution < -0.4 is 0 Å². The van der Waals surface area contributed by atoms with Crippen molar-refractivity contribution in [3.05, 3.63) is 0 Å². The molecular weight excluding hydrogens is 175 g/mol. The highest BCUT2D eigenvalue weighted by Crippen LogP contribution is 1.96. The van der Waals surface area contributed by atoms with Gasteiger partial charge in [0.1, 0.15) is 0 Å². The van der Waals surface area contributed by atoms with Crippen LogP contribution in [-0.4, -0.2) is 23.4 Å². The predicted molar refractivity (Wildman–Crippen MR) is 47.1 cm³/mol. The highest BCUT2D eigenvalue weighted by atomic mass is 35.5. The first-order valence-corrected chi connectivity index (χ1v) is 3.13. The molecule has 0 aromatic carbocycles. The van der Waals surface area contributed by atoms with Crippen molar-refractivity contribution in [1.29, 1.82) is 0 Å². The third-order valence-electron chi connectivity index (χ3n) is 1.07. The van der Waals surface area contributed by atoms with Crippen molar-refractivity contribution in [2.24, 2.45) is 0 Å². The molecule has 0 rings (SSSR count). The van der Waals surface area contributed by atoms with Gasteiger partial charge in [-0.2, -0.15) is 0 Å². The SMILES string of the molecule is Cl.Cl.OCCCCCCO. The second-order valence-electron chi connectivity index (χ2n) is 1.86. The van der Waals surface area contributed by atoms with Gasteiger partial charge >= 0.3 is 0 Å². The minimum absolute atomic E-state index is 0. The number of hydrogen-bond donors (Lipinski definition) is 2. The molecule has 0 unspecified atom stereocenters. The van der Waals surface area contributed by atoms with E-state index >= 15 is 0 Å². The average Bonchev–Trinajstić information content (AvgIpc) is 1.81. The summed E-state index contributed by atoms with van der Waals surface area (Å²) in [5.41, 5.74) is 0. The first-order valence-electron chi connectivity index (χ1n) is 3.13. The normalized spacial score (nSPS) is 7.80. The molecule has 10 heavy (non-hydrogen) atoms. The molecule has 0 bridgehead atoms. The zero-order valence-corrected chi connectivity index (χ0v) is 7.59. The van der Waals surface area contributed by atoms with Gasteiger partial charge < -0.3 is 10.2 Å². The van der Waals surface area contributed by atoms with Gasteiger partial charge in [0, 0.05) is 13.2 Å². The molecule has 66 valence electrons. The van der Waals surface area contributed by atoms with Crippen molar-refractivity contribution in [3.8, 4) is 0 Å². The summed E-state index contributed by atoms with van der Waals surface area (Å²) in [6.45, 7) is 0.566. The quantitative estimate of drug-likeness (QED) is 0.644. The van der Waals surface area contributed by atoms with Gasteiger partial charge in [-0.25, -0.2) is 0 Å². The van der Waals surface area contributed by atoms with Crippen molar-refractivity contribution < 1.29 is 10.2 Å². The van der Waals surface area contributed by atoms with Crippen LogP contribution >= 0.6 is 24.8 Å². The lowest BCUT2D eigenvalue weighted by atomic mass is 10.2. The summed E-state index contributed by atoms with van der Waals surface area (Å²) in [5, 5.41) is 16.6. The molecule has 0 aromatic heterocycles. The Morgan fingerprint density at radius 2 is 0.900 bits per heavy atom. The molecule has 0 saturated carbocycles. The molecule has 2 N–H and O–H groups in total. The van der Waals surface area contributed by atoms with Crippen LogP contribution in [0.25, 0.3) is 0 Å². The van der Waals surface area contributed by atoms with Crippen LogP contribution in [0.3, 0.4) is 0 Å². The minimum Gasteiger partial charge on any atom is -0.396 e. The summed E-state index contributed by atoms with van der Waals surface area (Å²) in [5.74, 6) is 0. The van der Waals surface area contributed by atoms with Crippen LogP contribution in [0.2, 0.25) is 0 Å². The van der Waals surface area contributed by atoms with Gasteiger partial charge in [-0.3, -0.25) is 0 Å². The number of hydrogen-bond acceptors (Lipinski definition) is 2. The summed E-state index contributed by atoms with van der Waals surface area (Å²) in [6.07, 6.45) is 3.83. The van der Waals surface area contributed by atoms with Crippen molar-refractivity contribution in [1.82, 2.24) is 0 Å². The molecule has 0 aliphatic rings. The van der Waals surface area contributed by atoms with Crippen molar-refractivity contribution in [2.45, 2.75) is 25.7 Å². The highest BCUT2D eigenvalue weighted by molar-refractivity contribution is 5.85. The maximum absolute atomic E-state index is 8.30. The largest absolute Gasteiger partial charge is 0.396 e. The van der Waals surface area contributed by atoms with Gasteiger partial charge in [-0.15, -0.1) is 24.8 Å². The van der Waals surface area contributed by atoms with Crippen LogP contribution in [0.4, 0.5) is 0 Å². The zero-order chi connectivity index (χ0) is 6.24. The first-order chi connectivity index (χ1) is 3.91. The topological polar surface area (TPSA) is 40.5 Å². The summed E-state index contributed by atoms with van der Waals surface area (Å²) in [6, 6.07) is 0. The molecule has 0 radical (unpaired) electrons. The number of aliphatic hydroxyl groups is 2. The molecule has 0 aromatic rings. The minimum atomic E-state index is 0. The Kier molecular flexibility index (Phi) is 27.4. The molecule has 2 nitrogen and oxygen atoms in total. The summed E-state index contributed by atoms with van der Waals surface area (Å²) in [7, 11) is 0. The second kappa shape index (κ2) is 16.2. The number of unbranched alkanes of at least 4 members (excludes halogenated alkanes) is 3. The molecule has 0 fully saturated rings. The Labute approximate surface area is 74.5 Å². The van der Waals surface area contributed by atoms with Crippen molar-refractivity contribution in [2.75, 3.05) is 13.2 Å². The van der Waals surface area contributed by atoms with E-state index in [0.29, 0.717) is 0 Å². The monoisotopic (exact) mass is 190 g/mol. The molecule has 0 aliphatic heterocycles. The van der Waals surface area contributed by atoms with E-state index in [1.807, 2.05) is 0 Å². The number of rotatable bonds is 5. The van der Waals surface area contributed by atoms with Crippen molar-refractivity contribution in [3.63, 3.8) is 0 Å². The lowest BCUT2D eigenvalue weighted by Gasteiger charge is -1.93. The Balaban J connectivity index is -0.000000245. The molecule has 0 saturated heterocycles. The van der Waals surface area contributed by atoms with E-state index in [2.05, 4.69) is 0 Å². The van der Waals surface area contributed by atoms with Gasteiger partial charge in [0.15, 0.2) is 0 Å². The van der Waals surface area contributed by atoms with Gasteiger partial charge in [-0.05, 0) is 12.8 Å². The maximum Gasteiger partial charge on any atom is 0.0431 e. The van der Waals surface area contributed by atoms with E-state index in [4.69, 9.17) is 10.2 Å². The number of halogens is 2. The third-order valence-corrected chi connectivity index (χ3v) is 1.07. The fraction of sp³-hybridized carbons (Fsp3) is 1.00. The van der Waals surface area contributed by atoms with E-state index in [-0.39, 0.29) is 38.0 Å². The van der Waals surface area contributed by atoms with E-state index < -0.39 is 0 Å². The lowest BCUT2D eigenvalue weighted by molar-refractivity contribution is 0.265. The lowest BCUT2D eigenvalue weighted by Crippen LogP contribution is -1.85. The fourth-order valence-electron chi connectivity index (χ4n) is 0.577. The fourth-order valence-corrected chi connectivity index (χ4v) is 0.577. The van der Waals surface area contributed by atoms with Crippen LogP contribution in [0.1, 0.15) is 25.7 Å². The van der Waals surface area contributed by atoms with Crippen LogP contribution in [0.15, 0.2) is 0 Å². The average molecular weight is 191 g/mol. The van der Waals surface area contributed by atoms with E-state index in [0.717, 1.165) is 25.7 Å². The summed E-state index contributed by atoms with van der Waals surface area (Å²) < 4.78 is 0. The second-order valence-corrected chi connectivity index (χ2v) is 1.86. The Morgan fingerprint density at radius 1 is 0.600 bits per heavy atom. The molecule has 0 heterocycles. The van der Waals surface area contributed by atoms with Gasteiger partial charge in [0.05, 0.1) is 0 Å². The zero-order valence-electron chi connectivity index (χ0n) is 5.95. The Bertz CT molecular complexity index is 38.7. The van der Waals surface area contributed by atoms with Gasteiger partial charge in [0.25, 0.3) is 0 Å². The van der Waals surface area contributed by atoms with Crippen LogP contribution in [0.5, 0.6) is 0 Å².